The Morgan fingerprint density at radius 1 is 1.59 bits per heavy atom. The van der Waals surface area contributed by atoms with Crippen molar-refractivity contribution in [3.05, 3.63) is 29.5 Å². The van der Waals surface area contributed by atoms with Gasteiger partial charge in [-0.15, -0.1) is 11.3 Å². The Kier molecular flexibility index (Phi) is 5.17. The molecule has 2 aromatic heterocycles. The van der Waals surface area contributed by atoms with Crippen LogP contribution >= 0.6 is 23.1 Å². The summed E-state index contributed by atoms with van der Waals surface area (Å²) in [5.74, 6) is 2.71. The van der Waals surface area contributed by atoms with Crippen molar-refractivity contribution in [3.8, 4) is 10.8 Å². The Labute approximate surface area is 137 Å². The average Bonchev–Trinajstić information content (AvgIpc) is 3.20. The third kappa shape index (κ3) is 3.71. The fourth-order valence-corrected chi connectivity index (χ4v) is 4.37. The zero-order chi connectivity index (χ0) is 15.4. The van der Waals surface area contributed by atoms with Gasteiger partial charge in [0.25, 0.3) is 0 Å². The van der Waals surface area contributed by atoms with Crippen molar-refractivity contribution in [2.45, 2.75) is 19.0 Å². The summed E-state index contributed by atoms with van der Waals surface area (Å²) in [6, 6.07) is 4.00. The van der Waals surface area contributed by atoms with E-state index in [1.54, 1.807) is 17.6 Å². The molecule has 1 aliphatic heterocycles. The highest BCUT2D eigenvalue weighted by Gasteiger charge is 2.26. The molecular formula is C15H18N2O3S2. The highest BCUT2D eigenvalue weighted by Crippen LogP contribution is 2.26. The Morgan fingerprint density at radius 2 is 2.50 bits per heavy atom. The first kappa shape index (κ1) is 15.6. The van der Waals surface area contributed by atoms with E-state index in [-0.39, 0.29) is 12.0 Å². The van der Waals surface area contributed by atoms with E-state index in [2.05, 4.69) is 15.3 Å². The van der Waals surface area contributed by atoms with Gasteiger partial charge < -0.3 is 9.15 Å². The minimum Gasteiger partial charge on any atom is -0.469 e. The number of ether oxygens (including phenoxy) is 1. The minimum absolute atomic E-state index is 0.146. The number of thioether (sulfide) groups is 1. The van der Waals surface area contributed by atoms with Crippen LogP contribution < -0.4 is 0 Å². The number of hydrogen-bond donors (Lipinski definition) is 0. The lowest BCUT2D eigenvalue weighted by Crippen LogP contribution is -2.43. The Morgan fingerprint density at radius 3 is 3.27 bits per heavy atom. The quantitative estimate of drug-likeness (QED) is 0.782. The van der Waals surface area contributed by atoms with Crippen molar-refractivity contribution in [2.75, 3.05) is 25.2 Å². The van der Waals surface area contributed by atoms with Gasteiger partial charge in [-0.1, -0.05) is 0 Å². The molecule has 0 aromatic carbocycles. The second-order valence-corrected chi connectivity index (χ2v) is 7.11. The predicted molar refractivity (Wildman–Crippen MR) is 88.0 cm³/mol. The molecule has 22 heavy (non-hydrogen) atoms. The predicted octanol–water partition coefficient (Wildman–Crippen LogP) is 2.88. The van der Waals surface area contributed by atoms with Gasteiger partial charge in [0, 0.05) is 36.0 Å². The van der Waals surface area contributed by atoms with Crippen LogP contribution in [0.1, 0.15) is 12.1 Å². The van der Waals surface area contributed by atoms with Crippen molar-refractivity contribution < 1.29 is 13.9 Å². The fourth-order valence-electron chi connectivity index (χ4n) is 2.46. The Bertz CT molecular complexity index is 612. The number of nitrogens with zero attached hydrogens (tertiary/aromatic N) is 2. The van der Waals surface area contributed by atoms with E-state index in [0.717, 1.165) is 41.1 Å². The molecule has 1 saturated heterocycles. The normalized spacial score (nSPS) is 19.2. The molecule has 7 heteroatoms. The molecule has 1 aliphatic rings. The summed E-state index contributed by atoms with van der Waals surface area (Å²) in [7, 11) is 1.44. The van der Waals surface area contributed by atoms with E-state index in [0.29, 0.717) is 6.42 Å². The number of aromatic nitrogens is 1. The van der Waals surface area contributed by atoms with Gasteiger partial charge in [-0.3, -0.25) is 9.69 Å². The molecular weight excluding hydrogens is 320 g/mol. The molecule has 0 amide bonds. The standard InChI is InChI=1S/C15H18N2O3S2/c1-19-14(18)7-12-10-21-6-4-17(12)8-11-9-22-15(16-11)13-3-2-5-20-13/h2-3,5,9,12H,4,6-8,10H2,1H3/t12-/m0/s1. The van der Waals surface area contributed by atoms with Crippen LogP contribution in [0.4, 0.5) is 0 Å². The molecule has 0 aliphatic carbocycles. The largest absolute Gasteiger partial charge is 0.469 e. The summed E-state index contributed by atoms with van der Waals surface area (Å²) < 4.78 is 10.2. The van der Waals surface area contributed by atoms with Crippen LogP contribution in [0.5, 0.6) is 0 Å². The van der Waals surface area contributed by atoms with Crippen molar-refractivity contribution in [3.63, 3.8) is 0 Å². The van der Waals surface area contributed by atoms with Crippen LogP contribution in [0.3, 0.4) is 0 Å². The van der Waals surface area contributed by atoms with Gasteiger partial charge in [0.15, 0.2) is 10.8 Å². The molecule has 0 N–H and O–H groups in total. The van der Waals surface area contributed by atoms with Gasteiger partial charge in [-0.05, 0) is 12.1 Å². The maximum atomic E-state index is 11.6. The van der Waals surface area contributed by atoms with Gasteiger partial charge in [0.1, 0.15) is 0 Å². The number of furan rings is 1. The van der Waals surface area contributed by atoms with E-state index in [9.17, 15) is 4.79 Å². The summed E-state index contributed by atoms with van der Waals surface area (Å²) in [4.78, 5) is 18.5. The number of hydrogen-bond acceptors (Lipinski definition) is 7. The number of rotatable bonds is 5. The third-order valence-corrected chi connectivity index (χ3v) is 5.63. The van der Waals surface area contributed by atoms with Crippen LogP contribution in [0.15, 0.2) is 28.2 Å². The third-order valence-electron chi connectivity index (χ3n) is 3.63. The summed E-state index contributed by atoms with van der Waals surface area (Å²) in [5.41, 5.74) is 1.03. The average molecular weight is 338 g/mol. The molecule has 0 unspecified atom stereocenters. The molecule has 0 bridgehead atoms. The zero-order valence-corrected chi connectivity index (χ0v) is 14.0. The first-order valence-corrected chi connectivity index (χ1v) is 9.16. The Hall–Kier alpha value is -1.31. The van der Waals surface area contributed by atoms with Gasteiger partial charge in [-0.25, -0.2) is 4.98 Å². The number of esters is 1. The molecule has 2 aromatic rings. The Balaban J connectivity index is 1.66. The fraction of sp³-hybridized carbons (Fsp3) is 0.467. The lowest BCUT2D eigenvalue weighted by atomic mass is 10.2. The van der Waals surface area contributed by atoms with Crippen molar-refractivity contribution >= 4 is 29.1 Å². The van der Waals surface area contributed by atoms with Crippen LogP contribution in [0.2, 0.25) is 0 Å². The first-order chi connectivity index (χ1) is 10.8. The summed E-state index contributed by atoms with van der Waals surface area (Å²) in [5, 5.41) is 2.96. The maximum absolute atomic E-state index is 11.6. The second kappa shape index (κ2) is 7.30. The molecule has 3 rings (SSSR count). The molecule has 118 valence electrons. The van der Waals surface area contributed by atoms with Crippen LogP contribution in [-0.2, 0) is 16.1 Å². The monoisotopic (exact) mass is 338 g/mol. The van der Waals surface area contributed by atoms with Gasteiger partial charge in [0.2, 0.25) is 0 Å². The SMILES string of the molecule is COC(=O)C[C@H]1CSCCN1Cc1csc(-c2ccco2)n1. The van der Waals surface area contributed by atoms with E-state index in [1.165, 1.54) is 7.11 Å². The molecule has 1 atom stereocenters. The highest BCUT2D eigenvalue weighted by atomic mass is 32.2. The number of carbonyl (C=O) groups excluding carboxylic acids is 1. The first-order valence-electron chi connectivity index (χ1n) is 7.13. The second-order valence-electron chi connectivity index (χ2n) is 5.10. The van der Waals surface area contributed by atoms with Crippen LogP contribution in [0, 0.1) is 0 Å². The van der Waals surface area contributed by atoms with Crippen molar-refractivity contribution in [1.82, 2.24) is 9.88 Å². The van der Waals surface area contributed by atoms with E-state index in [1.807, 2.05) is 23.9 Å². The molecule has 3 heterocycles. The molecule has 0 saturated carbocycles. The topological polar surface area (TPSA) is 55.6 Å². The molecule has 0 radical (unpaired) electrons. The molecule has 1 fully saturated rings. The summed E-state index contributed by atoms with van der Waals surface area (Å²) in [6.07, 6.45) is 2.10. The van der Waals surface area contributed by atoms with Crippen molar-refractivity contribution in [1.29, 1.82) is 0 Å². The van der Waals surface area contributed by atoms with Gasteiger partial charge in [-0.2, -0.15) is 11.8 Å². The van der Waals surface area contributed by atoms with Crippen LogP contribution in [0.25, 0.3) is 10.8 Å². The van der Waals surface area contributed by atoms with Crippen LogP contribution in [-0.4, -0.2) is 47.1 Å². The molecule has 0 spiro atoms. The lowest BCUT2D eigenvalue weighted by molar-refractivity contribution is -0.141. The lowest BCUT2D eigenvalue weighted by Gasteiger charge is -2.34. The van der Waals surface area contributed by atoms with Gasteiger partial charge in [0.05, 0.1) is 25.5 Å². The zero-order valence-electron chi connectivity index (χ0n) is 12.4. The van der Waals surface area contributed by atoms with E-state index < -0.39 is 0 Å². The van der Waals surface area contributed by atoms with E-state index in [4.69, 9.17) is 9.15 Å². The highest BCUT2D eigenvalue weighted by molar-refractivity contribution is 7.99. The van der Waals surface area contributed by atoms with E-state index >= 15 is 0 Å². The van der Waals surface area contributed by atoms with Crippen molar-refractivity contribution in [2.24, 2.45) is 0 Å². The number of thiazole rings is 1. The minimum atomic E-state index is -0.146. The smallest absolute Gasteiger partial charge is 0.307 e. The number of carbonyl (C=O) groups is 1. The maximum Gasteiger partial charge on any atom is 0.307 e. The number of methoxy groups -OCH3 is 1. The van der Waals surface area contributed by atoms with Gasteiger partial charge >= 0.3 is 5.97 Å². The molecule has 5 nitrogen and oxygen atoms in total. The summed E-state index contributed by atoms with van der Waals surface area (Å²) in [6.45, 7) is 1.74. The summed E-state index contributed by atoms with van der Waals surface area (Å²) >= 11 is 3.48.